The second-order valence-electron chi connectivity index (χ2n) is 4.47. The van der Waals surface area contributed by atoms with Crippen molar-refractivity contribution >= 4 is 28.5 Å². The molecule has 0 spiro atoms. The molecule has 18 heavy (non-hydrogen) atoms. The molecule has 0 bridgehead atoms. The van der Waals surface area contributed by atoms with Crippen LogP contribution >= 0.6 is 11.8 Å². The van der Waals surface area contributed by atoms with E-state index in [0.717, 1.165) is 5.56 Å². The van der Waals surface area contributed by atoms with E-state index < -0.39 is 0 Å². The number of benzene rings is 1. The summed E-state index contributed by atoms with van der Waals surface area (Å²) in [6.45, 7) is 3.90. The third kappa shape index (κ3) is 2.85. The predicted octanol–water partition coefficient (Wildman–Crippen LogP) is 2.09. The zero-order valence-corrected chi connectivity index (χ0v) is 11.2. The second kappa shape index (κ2) is 5.02. The summed E-state index contributed by atoms with van der Waals surface area (Å²) < 4.78 is 0. The van der Waals surface area contributed by atoms with Gasteiger partial charge in [0.15, 0.2) is 5.12 Å². The minimum absolute atomic E-state index is 0.00116. The Morgan fingerprint density at radius 2 is 2.17 bits per heavy atom. The van der Waals surface area contributed by atoms with Gasteiger partial charge in [-0.3, -0.25) is 9.59 Å². The molecule has 1 atom stereocenters. The molecule has 1 unspecified atom stereocenters. The van der Waals surface area contributed by atoms with Gasteiger partial charge in [-0.1, -0.05) is 11.8 Å². The Balaban J connectivity index is 2.18. The van der Waals surface area contributed by atoms with E-state index in [0.29, 0.717) is 18.7 Å². The van der Waals surface area contributed by atoms with Gasteiger partial charge in [0.25, 0.3) is 0 Å². The number of carbonyl (C=O) groups excluding carboxylic acids is 2. The van der Waals surface area contributed by atoms with E-state index in [1.54, 1.807) is 17.0 Å². The first-order valence-electron chi connectivity index (χ1n) is 5.74. The second-order valence-corrected chi connectivity index (χ2v) is 5.94. The van der Waals surface area contributed by atoms with Crippen LogP contribution < -0.4 is 4.90 Å². The van der Waals surface area contributed by atoms with E-state index >= 15 is 0 Å². The van der Waals surface area contributed by atoms with Gasteiger partial charge in [0.1, 0.15) is 5.75 Å². The summed E-state index contributed by atoms with van der Waals surface area (Å²) in [5.74, 6) is 0.152. The lowest BCUT2D eigenvalue weighted by atomic mass is 10.2. The molecule has 1 heterocycles. The number of amides is 1. The monoisotopic (exact) mass is 265 g/mol. The molecule has 1 aromatic carbocycles. The lowest BCUT2D eigenvalue weighted by Gasteiger charge is -2.17. The summed E-state index contributed by atoms with van der Waals surface area (Å²) in [6.07, 6.45) is 0.374. The standard InChI is InChI=1S/C13H15NO3S/c1-8-3-10(5-11(16)4-8)14-7-12(6-13(14)17)18-9(2)15/h3-5,12,16H,6-7H2,1-2H3. The molecule has 1 aromatic rings. The Hall–Kier alpha value is -1.49. The molecule has 1 saturated heterocycles. The van der Waals surface area contributed by atoms with Gasteiger partial charge in [0, 0.05) is 36.9 Å². The molecule has 4 nitrogen and oxygen atoms in total. The zero-order chi connectivity index (χ0) is 13.3. The summed E-state index contributed by atoms with van der Waals surface area (Å²) in [7, 11) is 0. The zero-order valence-electron chi connectivity index (χ0n) is 10.3. The smallest absolute Gasteiger partial charge is 0.228 e. The van der Waals surface area contributed by atoms with E-state index in [2.05, 4.69) is 0 Å². The molecule has 96 valence electrons. The summed E-state index contributed by atoms with van der Waals surface area (Å²) in [5.41, 5.74) is 1.60. The maximum absolute atomic E-state index is 11.9. The van der Waals surface area contributed by atoms with Crippen molar-refractivity contribution < 1.29 is 14.7 Å². The normalized spacial score (nSPS) is 19.3. The Kier molecular flexibility index (Phi) is 3.61. The van der Waals surface area contributed by atoms with E-state index in [-0.39, 0.29) is 22.0 Å². The topological polar surface area (TPSA) is 57.6 Å². The third-order valence-corrected chi connectivity index (χ3v) is 3.76. The van der Waals surface area contributed by atoms with Crippen molar-refractivity contribution in [2.45, 2.75) is 25.5 Å². The summed E-state index contributed by atoms with van der Waals surface area (Å²) in [5, 5.41) is 9.60. The molecule has 1 N–H and O–H groups in total. The lowest BCUT2D eigenvalue weighted by molar-refractivity contribution is -0.117. The number of hydrogen-bond acceptors (Lipinski definition) is 4. The van der Waals surface area contributed by atoms with Gasteiger partial charge >= 0.3 is 0 Å². The van der Waals surface area contributed by atoms with Crippen molar-refractivity contribution in [2.75, 3.05) is 11.4 Å². The number of rotatable bonds is 2. The van der Waals surface area contributed by atoms with Crippen LogP contribution in [0.4, 0.5) is 5.69 Å². The van der Waals surface area contributed by atoms with Crippen LogP contribution in [-0.4, -0.2) is 27.9 Å². The number of anilines is 1. The summed E-state index contributed by atoms with van der Waals surface area (Å²) in [4.78, 5) is 24.6. The van der Waals surface area contributed by atoms with Crippen molar-refractivity contribution in [1.82, 2.24) is 0 Å². The molecular weight excluding hydrogens is 250 g/mol. The predicted molar refractivity (Wildman–Crippen MR) is 71.9 cm³/mol. The van der Waals surface area contributed by atoms with Gasteiger partial charge in [-0.15, -0.1) is 0 Å². The number of thioether (sulfide) groups is 1. The van der Waals surface area contributed by atoms with Crippen LogP contribution in [0, 0.1) is 6.92 Å². The SMILES string of the molecule is CC(=O)SC1CC(=O)N(c2cc(C)cc(O)c2)C1. The number of phenolic OH excluding ortho intramolecular Hbond substituents is 1. The Labute approximate surface area is 110 Å². The highest BCUT2D eigenvalue weighted by atomic mass is 32.2. The number of carbonyl (C=O) groups is 2. The van der Waals surface area contributed by atoms with Crippen molar-refractivity contribution in [3.05, 3.63) is 23.8 Å². The van der Waals surface area contributed by atoms with Gasteiger partial charge in [-0.05, 0) is 24.6 Å². The molecule has 1 aliphatic rings. The minimum Gasteiger partial charge on any atom is -0.508 e. The number of nitrogens with zero attached hydrogens (tertiary/aromatic N) is 1. The fourth-order valence-electron chi connectivity index (χ4n) is 2.14. The molecule has 0 aromatic heterocycles. The largest absolute Gasteiger partial charge is 0.508 e. The fourth-order valence-corrected chi connectivity index (χ4v) is 3.06. The first-order chi connectivity index (χ1) is 8.45. The number of aromatic hydroxyl groups is 1. The van der Waals surface area contributed by atoms with E-state index in [4.69, 9.17) is 0 Å². The molecule has 1 aliphatic heterocycles. The quantitative estimate of drug-likeness (QED) is 0.889. The van der Waals surface area contributed by atoms with Gasteiger partial charge in [-0.25, -0.2) is 0 Å². The third-order valence-electron chi connectivity index (χ3n) is 2.78. The van der Waals surface area contributed by atoms with Crippen molar-refractivity contribution in [1.29, 1.82) is 0 Å². The Bertz CT molecular complexity index is 481. The highest BCUT2D eigenvalue weighted by Gasteiger charge is 2.32. The van der Waals surface area contributed by atoms with Crippen molar-refractivity contribution in [3.63, 3.8) is 0 Å². The fraction of sp³-hybridized carbons (Fsp3) is 0.385. The van der Waals surface area contributed by atoms with Crippen LogP contribution in [0.25, 0.3) is 0 Å². The molecular formula is C13H15NO3S. The van der Waals surface area contributed by atoms with Crippen LogP contribution in [0.15, 0.2) is 18.2 Å². The number of hydrogen-bond donors (Lipinski definition) is 1. The molecule has 2 rings (SSSR count). The first kappa shape index (κ1) is 13.0. The Morgan fingerprint density at radius 1 is 1.44 bits per heavy atom. The number of phenols is 1. The van der Waals surface area contributed by atoms with Gasteiger partial charge in [0.05, 0.1) is 0 Å². The summed E-state index contributed by atoms with van der Waals surface area (Å²) >= 11 is 1.21. The molecule has 5 heteroatoms. The maximum Gasteiger partial charge on any atom is 0.228 e. The number of aryl methyl sites for hydroxylation is 1. The minimum atomic E-state index is -0.00116. The van der Waals surface area contributed by atoms with Crippen molar-refractivity contribution in [3.8, 4) is 5.75 Å². The maximum atomic E-state index is 11.9. The van der Waals surface area contributed by atoms with E-state index in [9.17, 15) is 14.7 Å². The lowest BCUT2D eigenvalue weighted by Crippen LogP contribution is -2.24. The van der Waals surface area contributed by atoms with Crippen LogP contribution in [0.1, 0.15) is 18.9 Å². The molecule has 0 saturated carbocycles. The average Bonchev–Trinajstić information content (AvgIpc) is 2.56. The van der Waals surface area contributed by atoms with Crippen LogP contribution in [0.5, 0.6) is 5.75 Å². The highest BCUT2D eigenvalue weighted by molar-refractivity contribution is 8.14. The Morgan fingerprint density at radius 3 is 2.78 bits per heavy atom. The van der Waals surface area contributed by atoms with Gasteiger partial charge < -0.3 is 10.0 Å². The van der Waals surface area contributed by atoms with Crippen LogP contribution in [0.3, 0.4) is 0 Å². The van der Waals surface area contributed by atoms with Crippen LogP contribution in [-0.2, 0) is 9.59 Å². The van der Waals surface area contributed by atoms with Crippen molar-refractivity contribution in [2.24, 2.45) is 0 Å². The molecule has 1 fully saturated rings. The van der Waals surface area contributed by atoms with E-state index in [1.165, 1.54) is 18.7 Å². The highest BCUT2D eigenvalue weighted by Crippen LogP contribution is 2.31. The van der Waals surface area contributed by atoms with Crippen LogP contribution in [0.2, 0.25) is 0 Å². The summed E-state index contributed by atoms with van der Waals surface area (Å²) in [6, 6.07) is 5.08. The van der Waals surface area contributed by atoms with Gasteiger partial charge in [0.2, 0.25) is 5.91 Å². The molecule has 0 radical (unpaired) electrons. The van der Waals surface area contributed by atoms with E-state index in [1.807, 2.05) is 13.0 Å². The van der Waals surface area contributed by atoms with Gasteiger partial charge in [-0.2, -0.15) is 0 Å². The molecule has 1 amide bonds. The molecule has 0 aliphatic carbocycles. The average molecular weight is 265 g/mol. The first-order valence-corrected chi connectivity index (χ1v) is 6.62.